The Kier molecular flexibility index (Phi) is 3.82. The van der Waals surface area contributed by atoms with E-state index in [4.69, 9.17) is 5.73 Å². The van der Waals surface area contributed by atoms with E-state index < -0.39 is 0 Å². The first kappa shape index (κ1) is 12.2. The van der Waals surface area contributed by atoms with Crippen molar-refractivity contribution in [3.8, 4) is 11.5 Å². The summed E-state index contributed by atoms with van der Waals surface area (Å²) in [5.74, 6) is 1.05. The number of aryl methyl sites for hydroxylation is 1. The van der Waals surface area contributed by atoms with Crippen LogP contribution in [-0.2, 0) is 6.42 Å². The molecule has 5 nitrogen and oxygen atoms in total. The van der Waals surface area contributed by atoms with E-state index in [-0.39, 0.29) is 0 Å². The van der Waals surface area contributed by atoms with Gasteiger partial charge in [-0.25, -0.2) is 15.0 Å². The van der Waals surface area contributed by atoms with Crippen LogP contribution in [0.1, 0.15) is 19.0 Å². The maximum Gasteiger partial charge on any atom is 0.182 e. The summed E-state index contributed by atoms with van der Waals surface area (Å²) >= 11 is 2.18. The maximum atomic E-state index is 5.88. The summed E-state index contributed by atoms with van der Waals surface area (Å²) in [5, 5.41) is 0. The molecule has 2 rings (SSSR count). The second kappa shape index (κ2) is 5.35. The number of hydrogen-bond acceptors (Lipinski definition) is 5. The maximum absolute atomic E-state index is 5.88. The molecule has 0 aliphatic carbocycles. The number of nitrogens with zero attached hydrogens (tertiary/aromatic N) is 4. The molecule has 0 spiro atoms. The quantitative estimate of drug-likeness (QED) is 0.865. The van der Waals surface area contributed by atoms with Crippen LogP contribution in [0.2, 0.25) is 0 Å². The highest BCUT2D eigenvalue weighted by molar-refractivity contribution is 14.1. The Hall–Kier alpha value is -1.31. The van der Waals surface area contributed by atoms with Gasteiger partial charge in [0.05, 0.1) is 15.5 Å². The second-order valence-electron chi connectivity index (χ2n) is 3.53. The molecule has 6 heteroatoms. The molecule has 0 unspecified atom stereocenters. The van der Waals surface area contributed by atoms with Crippen LogP contribution in [0.3, 0.4) is 0 Å². The number of aromatic nitrogens is 4. The average molecular weight is 341 g/mol. The van der Waals surface area contributed by atoms with Crippen LogP contribution < -0.4 is 5.73 Å². The summed E-state index contributed by atoms with van der Waals surface area (Å²) in [6.07, 6.45) is 6.78. The van der Waals surface area contributed by atoms with Crippen molar-refractivity contribution in [1.82, 2.24) is 19.9 Å². The summed E-state index contributed by atoms with van der Waals surface area (Å²) in [4.78, 5) is 16.9. The highest BCUT2D eigenvalue weighted by atomic mass is 127. The van der Waals surface area contributed by atoms with E-state index in [2.05, 4.69) is 49.5 Å². The largest absolute Gasteiger partial charge is 0.383 e. The van der Waals surface area contributed by atoms with Crippen LogP contribution in [0.25, 0.3) is 11.5 Å². The summed E-state index contributed by atoms with van der Waals surface area (Å²) in [5.41, 5.74) is 7.50. The fourth-order valence-corrected chi connectivity index (χ4v) is 1.96. The van der Waals surface area contributed by atoms with Crippen LogP contribution in [0.5, 0.6) is 0 Å². The van der Waals surface area contributed by atoms with Gasteiger partial charge in [-0.15, -0.1) is 0 Å². The van der Waals surface area contributed by atoms with E-state index in [9.17, 15) is 0 Å². The summed E-state index contributed by atoms with van der Waals surface area (Å²) in [6.45, 7) is 2.11. The fourth-order valence-electron chi connectivity index (χ4n) is 1.44. The highest BCUT2D eigenvalue weighted by Gasteiger charge is 2.11. The Bertz CT molecular complexity index is 515. The molecule has 0 radical (unpaired) electrons. The zero-order valence-electron chi connectivity index (χ0n) is 9.39. The molecule has 0 aliphatic heterocycles. The Labute approximate surface area is 113 Å². The van der Waals surface area contributed by atoms with Gasteiger partial charge in [0, 0.05) is 12.4 Å². The molecule has 0 fully saturated rings. The normalized spacial score (nSPS) is 10.5. The summed E-state index contributed by atoms with van der Waals surface area (Å²) < 4.78 is 0.928. The predicted molar refractivity (Wildman–Crippen MR) is 74.2 cm³/mol. The predicted octanol–water partition coefficient (Wildman–Crippen LogP) is 2.07. The summed E-state index contributed by atoms with van der Waals surface area (Å²) in [7, 11) is 0. The number of rotatable bonds is 3. The van der Waals surface area contributed by atoms with Crippen LogP contribution in [0.15, 0.2) is 18.6 Å². The molecule has 0 bridgehead atoms. The first-order valence-electron chi connectivity index (χ1n) is 5.30. The van der Waals surface area contributed by atoms with Crippen molar-refractivity contribution in [2.45, 2.75) is 19.8 Å². The summed E-state index contributed by atoms with van der Waals surface area (Å²) in [6, 6.07) is 0. The Balaban J connectivity index is 2.49. The standard InChI is InChI=1S/C11H12IN5/c1-2-3-7-9(12)10(13)17-11(16-7)8-6-14-4-5-15-8/h4-6H,2-3H2,1H3,(H2,13,16,17). The lowest BCUT2D eigenvalue weighted by Crippen LogP contribution is -2.05. The zero-order valence-corrected chi connectivity index (χ0v) is 11.5. The third-order valence-electron chi connectivity index (χ3n) is 2.22. The van der Waals surface area contributed by atoms with Gasteiger partial charge in [0.2, 0.25) is 0 Å². The number of nitrogens with two attached hydrogens (primary N) is 1. The fraction of sp³-hybridized carbons (Fsp3) is 0.273. The minimum Gasteiger partial charge on any atom is -0.383 e. The lowest BCUT2D eigenvalue weighted by Gasteiger charge is -2.07. The molecule has 0 aromatic carbocycles. The first-order valence-corrected chi connectivity index (χ1v) is 6.38. The van der Waals surface area contributed by atoms with Crippen molar-refractivity contribution in [3.05, 3.63) is 27.9 Å². The molecule has 0 saturated heterocycles. The van der Waals surface area contributed by atoms with Crippen molar-refractivity contribution in [3.63, 3.8) is 0 Å². The van der Waals surface area contributed by atoms with E-state index in [0.717, 1.165) is 22.1 Å². The zero-order chi connectivity index (χ0) is 12.3. The minimum absolute atomic E-state index is 0.504. The Morgan fingerprint density at radius 1 is 1.29 bits per heavy atom. The topological polar surface area (TPSA) is 77.6 Å². The highest BCUT2D eigenvalue weighted by Crippen LogP contribution is 2.21. The third-order valence-corrected chi connectivity index (χ3v) is 3.40. The Morgan fingerprint density at radius 3 is 2.76 bits per heavy atom. The molecule has 0 amide bonds. The van der Waals surface area contributed by atoms with Crippen LogP contribution >= 0.6 is 22.6 Å². The lowest BCUT2D eigenvalue weighted by atomic mass is 10.2. The van der Waals surface area contributed by atoms with Gasteiger partial charge in [0.25, 0.3) is 0 Å². The molecule has 0 saturated carbocycles. The molecule has 2 heterocycles. The molecular weight excluding hydrogens is 329 g/mol. The first-order chi connectivity index (χ1) is 8.22. The Morgan fingerprint density at radius 2 is 2.12 bits per heavy atom. The monoisotopic (exact) mass is 341 g/mol. The van der Waals surface area contributed by atoms with Crippen molar-refractivity contribution in [2.24, 2.45) is 0 Å². The molecular formula is C11H12IN5. The van der Waals surface area contributed by atoms with Gasteiger partial charge >= 0.3 is 0 Å². The number of halogens is 1. The molecule has 17 heavy (non-hydrogen) atoms. The van der Waals surface area contributed by atoms with Gasteiger partial charge < -0.3 is 5.73 Å². The SMILES string of the molecule is CCCc1nc(-c2cnccn2)nc(N)c1I. The second-order valence-corrected chi connectivity index (χ2v) is 4.61. The molecule has 2 aromatic heterocycles. The van der Waals surface area contributed by atoms with Gasteiger partial charge in [0.15, 0.2) is 5.82 Å². The molecule has 0 aliphatic rings. The van der Waals surface area contributed by atoms with Gasteiger partial charge in [-0.05, 0) is 29.0 Å². The van der Waals surface area contributed by atoms with Gasteiger partial charge in [0.1, 0.15) is 11.5 Å². The molecule has 2 N–H and O–H groups in total. The van der Waals surface area contributed by atoms with Crippen molar-refractivity contribution < 1.29 is 0 Å². The number of anilines is 1. The van der Waals surface area contributed by atoms with Crippen LogP contribution in [0.4, 0.5) is 5.82 Å². The van der Waals surface area contributed by atoms with E-state index in [0.29, 0.717) is 17.3 Å². The molecule has 88 valence electrons. The number of nitrogen functional groups attached to an aromatic ring is 1. The van der Waals surface area contributed by atoms with Gasteiger partial charge in [-0.1, -0.05) is 13.3 Å². The van der Waals surface area contributed by atoms with Gasteiger partial charge in [-0.2, -0.15) is 0 Å². The number of hydrogen-bond donors (Lipinski definition) is 1. The lowest BCUT2D eigenvalue weighted by molar-refractivity contribution is 0.867. The van der Waals surface area contributed by atoms with Crippen molar-refractivity contribution in [1.29, 1.82) is 0 Å². The van der Waals surface area contributed by atoms with E-state index >= 15 is 0 Å². The van der Waals surface area contributed by atoms with Crippen molar-refractivity contribution >= 4 is 28.4 Å². The smallest absolute Gasteiger partial charge is 0.182 e. The van der Waals surface area contributed by atoms with Crippen molar-refractivity contribution in [2.75, 3.05) is 5.73 Å². The van der Waals surface area contributed by atoms with Crippen LogP contribution in [-0.4, -0.2) is 19.9 Å². The molecule has 0 atom stereocenters. The minimum atomic E-state index is 0.504. The third kappa shape index (κ3) is 2.68. The molecule has 2 aromatic rings. The van der Waals surface area contributed by atoms with Crippen LogP contribution in [0, 0.1) is 3.57 Å². The van der Waals surface area contributed by atoms with E-state index in [1.807, 2.05) is 0 Å². The van der Waals surface area contributed by atoms with E-state index in [1.165, 1.54) is 0 Å². The average Bonchev–Trinajstić information content (AvgIpc) is 2.36. The van der Waals surface area contributed by atoms with Gasteiger partial charge in [-0.3, -0.25) is 4.98 Å². The van der Waals surface area contributed by atoms with E-state index in [1.54, 1.807) is 18.6 Å².